The Bertz CT molecular complexity index is 508. The second-order valence-corrected chi connectivity index (χ2v) is 6.85. The molecule has 0 aromatic carbocycles. The van der Waals surface area contributed by atoms with Crippen LogP contribution in [0.15, 0.2) is 0 Å². The molecule has 138 valence electrons. The van der Waals surface area contributed by atoms with Crippen molar-refractivity contribution in [3.8, 4) is 0 Å². The highest BCUT2D eigenvalue weighted by atomic mass is 19.3. The number of ether oxygens (including phenoxy) is 1. The topological polar surface area (TPSA) is 116 Å². The van der Waals surface area contributed by atoms with Crippen LogP contribution in [-0.2, 0) is 14.3 Å². The van der Waals surface area contributed by atoms with Crippen molar-refractivity contribution in [2.75, 3.05) is 26.2 Å². The first-order valence-corrected chi connectivity index (χ1v) is 7.32. The third-order valence-electron chi connectivity index (χ3n) is 3.77. The molecule has 0 aliphatic carbocycles. The van der Waals surface area contributed by atoms with Crippen LogP contribution in [0.5, 0.6) is 0 Å². The summed E-state index contributed by atoms with van der Waals surface area (Å²) >= 11 is 0. The fraction of sp³-hybridized carbons (Fsp3) is 0.786. The number of nitrogens with zero attached hydrogens (tertiary/aromatic N) is 1. The van der Waals surface area contributed by atoms with Gasteiger partial charge in [-0.15, -0.1) is 0 Å². The summed E-state index contributed by atoms with van der Waals surface area (Å²) in [5, 5.41) is 17.5. The Hall–Kier alpha value is -1.97. The molecule has 0 saturated carbocycles. The maximum Gasteiger partial charge on any atom is 0.414 e. The third-order valence-corrected chi connectivity index (χ3v) is 3.77. The van der Waals surface area contributed by atoms with Gasteiger partial charge in [0, 0.05) is 19.6 Å². The van der Waals surface area contributed by atoms with Crippen molar-refractivity contribution in [2.24, 2.45) is 5.41 Å². The maximum absolute atomic E-state index is 13.8. The second-order valence-electron chi connectivity index (χ2n) is 6.85. The Balaban J connectivity index is 0.000000413. The van der Waals surface area contributed by atoms with E-state index in [2.05, 4.69) is 5.32 Å². The van der Waals surface area contributed by atoms with Crippen LogP contribution < -0.4 is 5.32 Å². The molecule has 8 nitrogen and oxygen atoms in total. The van der Waals surface area contributed by atoms with Crippen LogP contribution in [0.4, 0.5) is 13.6 Å². The normalized spacial score (nSPS) is 25.1. The van der Waals surface area contributed by atoms with Crippen LogP contribution in [-0.4, -0.2) is 70.8 Å². The molecule has 0 aromatic rings. The van der Waals surface area contributed by atoms with E-state index in [1.807, 2.05) is 0 Å². The number of nitrogens with one attached hydrogen (secondary N) is 1. The molecule has 2 heterocycles. The van der Waals surface area contributed by atoms with Crippen molar-refractivity contribution in [3.05, 3.63) is 0 Å². The molecule has 2 rings (SSSR count). The van der Waals surface area contributed by atoms with Gasteiger partial charge in [0.15, 0.2) is 0 Å². The molecule has 2 aliphatic rings. The molecular formula is C14H22F2N2O6. The monoisotopic (exact) mass is 352 g/mol. The van der Waals surface area contributed by atoms with E-state index in [1.165, 1.54) is 4.90 Å². The lowest BCUT2D eigenvalue weighted by Gasteiger charge is -2.30. The minimum absolute atomic E-state index is 0.0713. The highest BCUT2D eigenvalue weighted by Crippen LogP contribution is 2.46. The average Bonchev–Trinajstić information content (AvgIpc) is 2.94. The van der Waals surface area contributed by atoms with Gasteiger partial charge in [-0.25, -0.2) is 23.2 Å². The van der Waals surface area contributed by atoms with E-state index in [4.69, 9.17) is 24.5 Å². The zero-order valence-electron chi connectivity index (χ0n) is 13.8. The Morgan fingerprint density at radius 2 is 1.67 bits per heavy atom. The molecule has 10 heteroatoms. The van der Waals surface area contributed by atoms with Gasteiger partial charge in [0.2, 0.25) is 0 Å². The number of carbonyl (C=O) groups excluding carboxylic acids is 1. The molecular weight excluding hydrogens is 330 g/mol. The van der Waals surface area contributed by atoms with Gasteiger partial charge in [0.25, 0.3) is 5.92 Å². The van der Waals surface area contributed by atoms with E-state index in [1.54, 1.807) is 20.8 Å². The fourth-order valence-electron chi connectivity index (χ4n) is 2.57. The number of halogens is 2. The average molecular weight is 352 g/mol. The Kier molecular flexibility index (Phi) is 5.75. The van der Waals surface area contributed by atoms with E-state index >= 15 is 0 Å². The van der Waals surface area contributed by atoms with Crippen molar-refractivity contribution in [3.63, 3.8) is 0 Å². The summed E-state index contributed by atoms with van der Waals surface area (Å²) in [6, 6.07) is 0. The van der Waals surface area contributed by atoms with E-state index in [9.17, 15) is 13.6 Å². The number of amides is 1. The molecule has 0 bridgehead atoms. The van der Waals surface area contributed by atoms with Crippen LogP contribution in [0.2, 0.25) is 0 Å². The Labute approximate surface area is 137 Å². The smallest absolute Gasteiger partial charge is 0.414 e. The van der Waals surface area contributed by atoms with Gasteiger partial charge in [0.05, 0.1) is 12.0 Å². The van der Waals surface area contributed by atoms with Crippen LogP contribution in [0.1, 0.15) is 27.2 Å². The predicted octanol–water partition coefficient (Wildman–Crippen LogP) is 1.01. The lowest BCUT2D eigenvalue weighted by molar-refractivity contribution is -0.159. The zero-order chi connectivity index (χ0) is 18.8. The summed E-state index contributed by atoms with van der Waals surface area (Å²) in [6.07, 6.45) is -0.172. The number of hydrogen-bond donors (Lipinski definition) is 3. The number of carbonyl (C=O) groups is 3. The van der Waals surface area contributed by atoms with Crippen LogP contribution in [0.3, 0.4) is 0 Å². The highest BCUT2D eigenvalue weighted by Gasteiger charge is 2.60. The lowest BCUT2D eigenvalue weighted by atomic mass is 9.83. The third kappa shape index (κ3) is 4.76. The van der Waals surface area contributed by atoms with Gasteiger partial charge in [-0.3, -0.25) is 0 Å². The number of rotatable bonds is 0. The van der Waals surface area contributed by atoms with E-state index in [-0.39, 0.29) is 19.6 Å². The van der Waals surface area contributed by atoms with Crippen molar-refractivity contribution in [2.45, 2.75) is 38.7 Å². The van der Waals surface area contributed by atoms with Crippen molar-refractivity contribution in [1.82, 2.24) is 10.2 Å². The molecule has 24 heavy (non-hydrogen) atoms. The first-order chi connectivity index (χ1) is 10.8. The van der Waals surface area contributed by atoms with Crippen molar-refractivity contribution >= 4 is 18.0 Å². The van der Waals surface area contributed by atoms with E-state index in [0.29, 0.717) is 13.0 Å². The molecule has 2 fully saturated rings. The van der Waals surface area contributed by atoms with Crippen LogP contribution >= 0.6 is 0 Å². The number of carboxylic acids is 2. The summed E-state index contributed by atoms with van der Waals surface area (Å²) in [5.41, 5.74) is -1.70. The van der Waals surface area contributed by atoms with E-state index in [0.717, 1.165) is 0 Å². The molecule has 0 radical (unpaired) electrons. The minimum Gasteiger partial charge on any atom is -0.473 e. The number of likely N-dealkylation sites (tertiary alicyclic amines) is 1. The first kappa shape index (κ1) is 20.1. The SMILES string of the molecule is CC(C)(C)OC(=O)N1CCC2(CNCC2(F)F)C1.O=C(O)C(=O)O. The first-order valence-electron chi connectivity index (χ1n) is 7.32. The number of alkyl halides is 2. The summed E-state index contributed by atoms with van der Waals surface area (Å²) in [5.74, 6) is -6.39. The fourth-order valence-corrected chi connectivity index (χ4v) is 2.57. The Morgan fingerprint density at radius 1 is 1.12 bits per heavy atom. The van der Waals surface area contributed by atoms with Crippen molar-refractivity contribution in [1.29, 1.82) is 0 Å². The minimum atomic E-state index is -2.75. The van der Waals surface area contributed by atoms with Gasteiger partial charge in [0.1, 0.15) is 5.60 Å². The molecule has 2 aliphatic heterocycles. The van der Waals surface area contributed by atoms with Crippen LogP contribution in [0.25, 0.3) is 0 Å². The summed E-state index contributed by atoms with van der Waals surface area (Å²) in [7, 11) is 0. The van der Waals surface area contributed by atoms with Gasteiger partial charge < -0.3 is 25.2 Å². The summed E-state index contributed by atoms with van der Waals surface area (Å²) in [6.45, 7) is 5.68. The molecule has 0 aromatic heterocycles. The molecule has 1 amide bonds. The number of carboxylic acid groups (broad SMARTS) is 2. The highest BCUT2D eigenvalue weighted by molar-refractivity contribution is 6.27. The maximum atomic E-state index is 13.8. The van der Waals surface area contributed by atoms with E-state index < -0.39 is 35.0 Å². The van der Waals surface area contributed by atoms with Gasteiger partial charge in [-0.05, 0) is 27.2 Å². The largest absolute Gasteiger partial charge is 0.473 e. The summed E-state index contributed by atoms with van der Waals surface area (Å²) < 4.78 is 32.9. The van der Waals surface area contributed by atoms with Crippen molar-refractivity contribution < 1.29 is 38.1 Å². The lowest BCUT2D eigenvalue weighted by Crippen LogP contribution is -2.44. The standard InChI is InChI=1S/C12H20F2N2O2.C2H2O4/c1-10(2,3)18-9(17)16-5-4-11(8-16)6-15-7-12(11,13)14;3-1(4)2(5)6/h15H,4-8H2,1-3H3;(H,3,4)(H,5,6). The van der Waals surface area contributed by atoms with Gasteiger partial charge in [-0.2, -0.15) is 0 Å². The molecule has 2 saturated heterocycles. The number of hydrogen-bond acceptors (Lipinski definition) is 5. The molecule has 3 N–H and O–H groups in total. The van der Waals surface area contributed by atoms with Gasteiger partial charge >= 0.3 is 18.0 Å². The van der Waals surface area contributed by atoms with Crippen LogP contribution in [0, 0.1) is 5.41 Å². The molecule has 1 atom stereocenters. The van der Waals surface area contributed by atoms with Gasteiger partial charge in [-0.1, -0.05) is 0 Å². The number of aliphatic carboxylic acids is 2. The second kappa shape index (κ2) is 6.88. The molecule has 1 spiro atoms. The Morgan fingerprint density at radius 3 is 2.04 bits per heavy atom. The molecule has 1 unspecified atom stereocenters. The quantitative estimate of drug-likeness (QED) is 0.557. The summed E-state index contributed by atoms with van der Waals surface area (Å²) in [4.78, 5) is 31.4. The predicted molar refractivity (Wildman–Crippen MR) is 77.9 cm³/mol. The zero-order valence-corrected chi connectivity index (χ0v) is 13.8.